The Kier molecular flexibility index (Phi) is 4.29. The molecule has 0 unspecified atom stereocenters. The summed E-state index contributed by atoms with van der Waals surface area (Å²) < 4.78 is 17.2. The number of carbonyl (C=O) groups is 1. The fourth-order valence-electron chi connectivity index (χ4n) is 3.39. The van der Waals surface area contributed by atoms with Crippen LogP contribution in [0.4, 0.5) is 5.69 Å². The van der Waals surface area contributed by atoms with E-state index in [9.17, 15) is 4.79 Å². The Balaban J connectivity index is 1.42. The fourth-order valence-corrected chi connectivity index (χ4v) is 3.39. The van der Waals surface area contributed by atoms with Crippen molar-refractivity contribution < 1.29 is 19.0 Å². The summed E-state index contributed by atoms with van der Waals surface area (Å²) in [6, 6.07) is 13.0. The molecule has 1 amide bonds. The summed E-state index contributed by atoms with van der Waals surface area (Å²) in [7, 11) is 1.62. The Morgan fingerprint density at radius 2 is 1.92 bits per heavy atom. The van der Waals surface area contributed by atoms with Gasteiger partial charge in [-0.05, 0) is 48.7 Å². The number of fused-ring (bicyclic) bond motifs is 1. The molecular weight excluding hydrogens is 330 g/mol. The molecule has 0 saturated heterocycles. The summed E-state index contributed by atoms with van der Waals surface area (Å²) in [4.78, 5) is 12.2. The van der Waals surface area contributed by atoms with Gasteiger partial charge in [-0.1, -0.05) is 12.1 Å². The second-order valence-corrected chi connectivity index (χ2v) is 6.58. The van der Waals surface area contributed by atoms with E-state index < -0.39 is 5.79 Å². The number of methoxy groups -OCH3 is 1. The smallest absolute Gasteiger partial charge is 0.251 e. The van der Waals surface area contributed by atoms with Crippen LogP contribution in [0.3, 0.4) is 0 Å². The summed E-state index contributed by atoms with van der Waals surface area (Å²) in [5.74, 6) is 1.50. The molecule has 2 aromatic rings. The SMILES string of the molecule is COc1cccc(/C=C/C(=O)Nc2ccc3c(c2)OC2(CCCC2)O3)c1. The largest absolute Gasteiger partial charge is 0.497 e. The van der Waals surface area contributed by atoms with Crippen molar-refractivity contribution in [2.75, 3.05) is 12.4 Å². The van der Waals surface area contributed by atoms with Gasteiger partial charge >= 0.3 is 0 Å². The average Bonchev–Trinajstić information content (AvgIpc) is 3.26. The van der Waals surface area contributed by atoms with Crippen molar-refractivity contribution in [2.45, 2.75) is 31.5 Å². The van der Waals surface area contributed by atoms with E-state index in [1.807, 2.05) is 42.5 Å². The van der Waals surface area contributed by atoms with Crippen molar-refractivity contribution in [3.05, 3.63) is 54.1 Å². The molecule has 0 atom stereocenters. The molecule has 1 fully saturated rings. The van der Waals surface area contributed by atoms with Crippen molar-refractivity contribution in [1.29, 1.82) is 0 Å². The molecule has 1 aliphatic carbocycles. The normalized spacial score (nSPS) is 17.0. The van der Waals surface area contributed by atoms with Crippen LogP contribution in [0.5, 0.6) is 17.2 Å². The Morgan fingerprint density at radius 1 is 1.12 bits per heavy atom. The van der Waals surface area contributed by atoms with Gasteiger partial charge in [0.2, 0.25) is 5.91 Å². The molecule has 0 radical (unpaired) electrons. The fraction of sp³-hybridized carbons (Fsp3) is 0.286. The number of nitrogens with one attached hydrogen (secondary N) is 1. The van der Waals surface area contributed by atoms with Crippen molar-refractivity contribution in [2.24, 2.45) is 0 Å². The first-order valence-electron chi connectivity index (χ1n) is 8.81. The van der Waals surface area contributed by atoms with Gasteiger partial charge in [0.25, 0.3) is 5.79 Å². The first kappa shape index (κ1) is 16.5. The molecule has 0 bridgehead atoms. The van der Waals surface area contributed by atoms with Gasteiger partial charge in [0.15, 0.2) is 11.5 Å². The number of anilines is 1. The Bertz CT molecular complexity index is 853. The summed E-state index contributed by atoms with van der Waals surface area (Å²) in [5, 5.41) is 2.86. The lowest BCUT2D eigenvalue weighted by molar-refractivity contribution is -0.111. The highest BCUT2D eigenvalue weighted by Crippen LogP contribution is 2.47. The van der Waals surface area contributed by atoms with Crippen molar-refractivity contribution in [1.82, 2.24) is 0 Å². The Labute approximate surface area is 152 Å². The van der Waals surface area contributed by atoms with E-state index in [1.54, 1.807) is 13.2 Å². The molecule has 4 rings (SSSR count). The maximum atomic E-state index is 12.2. The standard InChI is InChI=1S/C21H21NO4/c1-24-17-6-4-5-15(13-17)7-10-20(23)22-16-8-9-18-19(14-16)26-21(25-18)11-2-3-12-21/h4-10,13-14H,2-3,11-12H2,1H3,(H,22,23)/b10-7+. The summed E-state index contributed by atoms with van der Waals surface area (Å²) in [6.07, 6.45) is 7.30. The molecule has 1 N–H and O–H groups in total. The number of amides is 1. The predicted molar refractivity (Wildman–Crippen MR) is 99.6 cm³/mol. The van der Waals surface area contributed by atoms with Crippen LogP contribution in [-0.4, -0.2) is 18.8 Å². The molecule has 134 valence electrons. The molecule has 0 aromatic heterocycles. The number of hydrogen-bond acceptors (Lipinski definition) is 4. The van der Waals surface area contributed by atoms with E-state index in [-0.39, 0.29) is 5.91 Å². The van der Waals surface area contributed by atoms with Gasteiger partial charge in [0.05, 0.1) is 7.11 Å². The number of carbonyl (C=O) groups excluding carboxylic acids is 1. The first-order valence-corrected chi connectivity index (χ1v) is 8.81. The van der Waals surface area contributed by atoms with Crippen LogP contribution >= 0.6 is 0 Å². The molecule has 2 aliphatic rings. The molecule has 2 aromatic carbocycles. The van der Waals surface area contributed by atoms with E-state index in [0.29, 0.717) is 11.4 Å². The lowest BCUT2D eigenvalue weighted by Crippen LogP contribution is -2.34. The molecular formula is C21H21NO4. The van der Waals surface area contributed by atoms with Gasteiger partial charge in [-0.15, -0.1) is 0 Å². The van der Waals surface area contributed by atoms with Crippen LogP contribution in [0.25, 0.3) is 6.08 Å². The van der Waals surface area contributed by atoms with Crippen molar-refractivity contribution >= 4 is 17.7 Å². The number of rotatable bonds is 4. The molecule has 5 nitrogen and oxygen atoms in total. The van der Waals surface area contributed by atoms with Gasteiger partial charge in [0.1, 0.15) is 5.75 Å². The molecule has 1 saturated carbocycles. The molecule has 26 heavy (non-hydrogen) atoms. The van der Waals surface area contributed by atoms with E-state index >= 15 is 0 Å². The van der Waals surface area contributed by atoms with Crippen LogP contribution in [0.2, 0.25) is 0 Å². The average molecular weight is 351 g/mol. The molecule has 5 heteroatoms. The second kappa shape index (κ2) is 6.75. The van der Waals surface area contributed by atoms with Crippen LogP contribution in [0, 0.1) is 0 Å². The molecule has 1 heterocycles. The Hall–Kier alpha value is -2.95. The third-order valence-electron chi connectivity index (χ3n) is 4.69. The van der Waals surface area contributed by atoms with E-state index in [2.05, 4.69) is 5.32 Å². The highest BCUT2D eigenvalue weighted by Gasteiger charge is 2.44. The minimum atomic E-state index is -0.489. The maximum Gasteiger partial charge on any atom is 0.251 e. The zero-order chi connectivity index (χ0) is 18.0. The van der Waals surface area contributed by atoms with Gasteiger partial charge in [0, 0.05) is 30.7 Å². The lowest BCUT2D eigenvalue weighted by atomic mass is 10.2. The molecule has 1 spiro atoms. The third kappa shape index (κ3) is 3.38. The zero-order valence-electron chi connectivity index (χ0n) is 14.7. The monoisotopic (exact) mass is 351 g/mol. The van der Waals surface area contributed by atoms with Crippen LogP contribution in [0.1, 0.15) is 31.2 Å². The topological polar surface area (TPSA) is 56.8 Å². The summed E-state index contributed by atoms with van der Waals surface area (Å²) in [5.41, 5.74) is 1.58. The van der Waals surface area contributed by atoms with Crippen LogP contribution in [0.15, 0.2) is 48.5 Å². The second-order valence-electron chi connectivity index (χ2n) is 6.58. The van der Waals surface area contributed by atoms with Crippen molar-refractivity contribution in [3.8, 4) is 17.2 Å². The van der Waals surface area contributed by atoms with Gasteiger partial charge < -0.3 is 19.5 Å². The highest BCUT2D eigenvalue weighted by atomic mass is 16.7. The van der Waals surface area contributed by atoms with E-state index in [1.165, 1.54) is 6.08 Å². The van der Waals surface area contributed by atoms with Crippen molar-refractivity contribution in [3.63, 3.8) is 0 Å². The highest BCUT2D eigenvalue weighted by molar-refractivity contribution is 6.02. The minimum absolute atomic E-state index is 0.206. The Morgan fingerprint density at radius 3 is 2.73 bits per heavy atom. The predicted octanol–water partition coefficient (Wildman–Crippen LogP) is 4.39. The zero-order valence-corrected chi connectivity index (χ0v) is 14.7. The van der Waals surface area contributed by atoms with Gasteiger partial charge in [-0.2, -0.15) is 0 Å². The first-order chi connectivity index (χ1) is 12.7. The van der Waals surface area contributed by atoms with E-state index in [4.69, 9.17) is 14.2 Å². The van der Waals surface area contributed by atoms with E-state index in [0.717, 1.165) is 42.7 Å². The van der Waals surface area contributed by atoms with Gasteiger partial charge in [-0.3, -0.25) is 4.79 Å². The third-order valence-corrected chi connectivity index (χ3v) is 4.69. The lowest BCUT2D eigenvalue weighted by Gasteiger charge is -2.21. The van der Waals surface area contributed by atoms with Crippen LogP contribution < -0.4 is 19.5 Å². The number of ether oxygens (including phenoxy) is 3. The summed E-state index contributed by atoms with van der Waals surface area (Å²) >= 11 is 0. The van der Waals surface area contributed by atoms with Crippen LogP contribution in [-0.2, 0) is 4.79 Å². The summed E-state index contributed by atoms with van der Waals surface area (Å²) in [6.45, 7) is 0. The number of hydrogen-bond donors (Lipinski definition) is 1. The molecule has 1 aliphatic heterocycles. The number of benzene rings is 2. The minimum Gasteiger partial charge on any atom is -0.497 e. The maximum absolute atomic E-state index is 12.2. The van der Waals surface area contributed by atoms with Gasteiger partial charge in [-0.25, -0.2) is 0 Å². The quantitative estimate of drug-likeness (QED) is 0.830.